The summed E-state index contributed by atoms with van der Waals surface area (Å²) in [6, 6.07) is 3.40. The zero-order valence-corrected chi connectivity index (χ0v) is 10.7. The highest BCUT2D eigenvalue weighted by Gasteiger charge is 2.16. The molecule has 1 saturated heterocycles. The molecule has 1 unspecified atom stereocenters. The second-order valence-electron chi connectivity index (χ2n) is 4.43. The standard InChI is InChI=1S/C13H17ClFNO/c1-17-13-8-12(15)9(7-11(13)14)6-10-4-2-3-5-16-10/h7-8,10,16H,2-6H2,1H3. The zero-order valence-electron chi connectivity index (χ0n) is 9.93. The number of halogens is 2. The fourth-order valence-electron chi connectivity index (χ4n) is 2.25. The summed E-state index contributed by atoms with van der Waals surface area (Å²) in [6.07, 6.45) is 4.21. The monoisotopic (exact) mass is 257 g/mol. The minimum absolute atomic E-state index is 0.237. The zero-order chi connectivity index (χ0) is 12.3. The third kappa shape index (κ3) is 3.11. The van der Waals surface area contributed by atoms with Crippen molar-refractivity contribution in [2.45, 2.75) is 31.7 Å². The largest absolute Gasteiger partial charge is 0.495 e. The van der Waals surface area contributed by atoms with Crippen LogP contribution in [0.25, 0.3) is 0 Å². The minimum Gasteiger partial charge on any atom is -0.495 e. The molecule has 1 fully saturated rings. The summed E-state index contributed by atoms with van der Waals surface area (Å²) >= 11 is 6.01. The van der Waals surface area contributed by atoms with E-state index in [1.165, 1.54) is 26.0 Å². The van der Waals surface area contributed by atoms with Gasteiger partial charge in [-0.05, 0) is 37.4 Å². The molecule has 1 aromatic carbocycles. The van der Waals surface area contributed by atoms with Crippen molar-refractivity contribution >= 4 is 11.6 Å². The van der Waals surface area contributed by atoms with E-state index in [-0.39, 0.29) is 5.82 Å². The van der Waals surface area contributed by atoms with Crippen molar-refractivity contribution in [3.05, 3.63) is 28.5 Å². The lowest BCUT2D eigenvalue weighted by Gasteiger charge is -2.23. The van der Waals surface area contributed by atoms with Crippen LogP contribution < -0.4 is 10.1 Å². The third-order valence-corrected chi connectivity index (χ3v) is 3.49. The van der Waals surface area contributed by atoms with Crippen LogP contribution in [0.4, 0.5) is 4.39 Å². The molecule has 4 heteroatoms. The van der Waals surface area contributed by atoms with Crippen molar-refractivity contribution in [3.63, 3.8) is 0 Å². The van der Waals surface area contributed by atoms with E-state index < -0.39 is 0 Å². The molecule has 1 aromatic rings. The summed E-state index contributed by atoms with van der Waals surface area (Å²) in [4.78, 5) is 0. The number of hydrogen-bond donors (Lipinski definition) is 1. The van der Waals surface area contributed by atoms with Crippen LogP contribution in [0.2, 0.25) is 5.02 Å². The van der Waals surface area contributed by atoms with Crippen LogP contribution in [0.3, 0.4) is 0 Å². The van der Waals surface area contributed by atoms with Gasteiger partial charge in [0.2, 0.25) is 0 Å². The van der Waals surface area contributed by atoms with E-state index >= 15 is 0 Å². The summed E-state index contributed by atoms with van der Waals surface area (Å²) in [5.41, 5.74) is 0.662. The average Bonchev–Trinajstić information content (AvgIpc) is 2.34. The normalized spacial score (nSPS) is 20.3. The van der Waals surface area contributed by atoms with Crippen molar-refractivity contribution in [1.29, 1.82) is 0 Å². The quantitative estimate of drug-likeness (QED) is 0.898. The molecular formula is C13H17ClFNO. The van der Waals surface area contributed by atoms with Gasteiger partial charge in [0.05, 0.1) is 12.1 Å². The molecule has 2 rings (SSSR count). The number of methoxy groups -OCH3 is 1. The van der Waals surface area contributed by atoms with Gasteiger partial charge in [-0.15, -0.1) is 0 Å². The Hall–Kier alpha value is -0.800. The maximum atomic E-state index is 13.8. The van der Waals surface area contributed by atoms with Crippen LogP contribution in [0.15, 0.2) is 12.1 Å². The second-order valence-corrected chi connectivity index (χ2v) is 4.84. The molecule has 0 bridgehead atoms. The Morgan fingerprint density at radius 3 is 2.94 bits per heavy atom. The predicted octanol–water partition coefficient (Wildman–Crippen LogP) is 3.17. The molecule has 1 atom stereocenters. The first-order valence-corrected chi connectivity index (χ1v) is 6.34. The van der Waals surface area contributed by atoms with Gasteiger partial charge in [-0.25, -0.2) is 4.39 Å². The van der Waals surface area contributed by atoms with Crippen LogP contribution in [-0.4, -0.2) is 19.7 Å². The molecule has 1 aliphatic rings. The van der Waals surface area contributed by atoms with Crippen LogP contribution in [-0.2, 0) is 6.42 Å². The van der Waals surface area contributed by atoms with Crippen LogP contribution in [0.1, 0.15) is 24.8 Å². The number of piperidine rings is 1. The summed E-state index contributed by atoms with van der Waals surface area (Å²) in [6.45, 7) is 1.02. The maximum Gasteiger partial charge on any atom is 0.140 e. The van der Waals surface area contributed by atoms with Crippen molar-refractivity contribution in [2.75, 3.05) is 13.7 Å². The lowest BCUT2D eigenvalue weighted by atomic mass is 9.97. The molecule has 0 radical (unpaired) electrons. The van der Waals surface area contributed by atoms with Crippen LogP contribution in [0.5, 0.6) is 5.75 Å². The molecule has 94 valence electrons. The number of benzene rings is 1. The van der Waals surface area contributed by atoms with E-state index in [1.54, 1.807) is 6.07 Å². The number of rotatable bonds is 3. The second kappa shape index (κ2) is 5.69. The lowest BCUT2D eigenvalue weighted by molar-refractivity contribution is 0.392. The van der Waals surface area contributed by atoms with E-state index in [4.69, 9.17) is 16.3 Å². The molecule has 1 aliphatic heterocycles. The molecule has 0 aromatic heterocycles. The molecule has 17 heavy (non-hydrogen) atoms. The van der Waals surface area contributed by atoms with Crippen molar-refractivity contribution in [2.24, 2.45) is 0 Å². The minimum atomic E-state index is -0.237. The topological polar surface area (TPSA) is 21.3 Å². The van der Waals surface area contributed by atoms with Gasteiger partial charge in [-0.3, -0.25) is 0 Å². The molecule has 0 spiro atoms. The lowest BCUT2D eigenvalue weighted by Crippen LogP contribution is -2.35. The maximum absolute atomic E-state index is 13.8. The summed E-state index contributed by atoms with van der Waals surface area (Å²) < 4.78 is 18.8. The third-order valence-electron chi connectivity index (χ3n) is 3.20. The van der Waals surface area contributed by atoms with Gasteiger partial charge < -0.3 is 10.1 Å². The van der Waals surface area contributed by atoms with E-state index in [0.29, 0.717) is 28.8 Å². The number of nitrogens with one attached hydrogen (secondary N) is 1. The summed E-state index contributed by atoms with van der Waals surface area (Å²) in [7, 11) is 1.49. The predicted molar refractivity (Wildman–Crippen MR) is 67.3 cm³/mol. The van der Waals surface area contributed by atoms with Gasteiger partial charge in [-0.2, -0.15) is 0 Å². The van der Waals surface area contributed by atoms with Gasteiger partial charge in [0.15, 0.2) is 0 Å². The van der Waals surface area contributed by atoms with Gasteiger partial charge in [0.25, 0.3) is 0 Å². The fourth-order valence-corrected chi connectivity index (χ4v) is 2.51. The van der Waals surface area contributed by atoms with Crippen LogP contribution >= 0.6 is 11.6 Å². The van der Waals surface area contributed by atoms with Gasteiger partial charge in [0.1, 0.15) is 11.6 Å². The number of hydrogen-bond acceptors (Lipinski definition) is 2. The molecule has 0 saturated carbocycles. The molecule has 1 heterocycles. The molecule has 2 nitrogen and oxygen atoms in total. The highest BCUT2D eigenvalue weighted by molar-refractivity contribution is 6.32. The first kappa shape index (κ1) is 12.7. The Morgan fingerprint density at radius 2 is 2.29 bits per heavy atom. The van der Waals surface area contributed by atoms with E-state index in [2.05, 4.69) is 5.32 Å². The van der Waals surface area contributed by atoms with Crippen molar-refractivity contribution in [3.8, 4) is 5.75 Å². The Morgan fingerprint density at radius 1 is 1.47 bits per heavy atom. The highest BCUT2D eigenvalue weighted by Crippen LogP contribution is 2.28. The van der Waals surface area contributed by atoms with E-state index in [9.17, 15) is 4.39 Å². The molecule has 0 aliphatic carbocycles. The fraction of sp³-hybridized carbons (Fsp3) is 0.538. The summed E-state index contributed by atoms with van der Waals surface area (Å²) in [5, 5.41) is 3.87. The first-order valence-electron chi connectivity index (χ1n) is 5.96. The smallest absolute Gasteiger partial charge is 0.140 e. The Labute approximate surface area is 106 Å². The van der Waals surface area contributed by atoms with Gasteiger partial charge >= 0.3 is 0 Å². The Bertz CT molecular complexity index is 391. The number of ether oxygens (including phenoxy) is 1. The first-order chi connectivity index (χ1) is 8.20. The van der Waals surface area contributed by atoms with Crippen molar-refractivity contribution < 1.29 is 9.13 Å². The summed E-state index contributed by atoms with van der Waals surface area (Å²) in [5.74, 6) is 0.156. The Balaban J connectivity index is 2.12. The van der Waals surface area contributed by atoms with Crippen LogP contribution in [0, 0.1) is 5.82 Å². The van der Waals surface area contributed by atoms with Gasteiger partial charge in [-0.1, -0.05) is 18.0 Å². The van der Waals surface area contributed by atoms with E-state index in [1.807, 2.05) is 0 Å². The molecule has 0 amide bonds. The average molecular weight is 258 g/mol. The molecule has 1 N–H and O–H groups in total. The van der Waals surface area contributed by atoms with E-state index in [0.717, 1.165) is 13.0 Å². The van der Waals surface area contributed by atoms with Crippen molar-refractivity contribution in [1.82, 2.24) is 5.32 Å². The SMILES string of the molecule is COc1cc(F)c(CC2CCCCN2)cc1Cl. The highest BCUT2D eigenvalue weighted by atomic mass is 35.5. The Kier molecular flexibility index (Phi) is 4.24. The van der Waals surface area contributed by atoms with Gasteiger partial charge in [0, 0.05) is 12.1 Å². The molecular weight excluding hydrogens is 241 g/mol.